The average Bonchev–Trinajstić information content (AvgIpc) is 3.07. The number of nitrogens with zero attached hydrogens (tertiary/aromatic N) is 4. The van der Waals surface area contributed by atoms with Gasteiger partial charge in [-0.25, -0.2) is 18.4 Å². The lowest BCUT2D eigenvalue weighted by Gasteiger charge is -2.27. The second kappa shape index (κ2) is 6.62. The van der Waals surface area contributed by atoms with Gasteiger partial charge in [0.15, 0.2) is 0 Å². The van der Waals surface area contributed by atoms with E-state index >= 15 is 0 Å². The first kappa shape index (κ1) is 16.7. The summed E-state index contributed by atoms with van der Waals surface area (Å²) in [5.74, 6) is 1.51. The number of aromatic amines is 1. The minimum absolute atomic E-state index is 0.124. The van der Waals surface area contributed by atoms with E-state index in [2.05, 4.69) is 15.0 Å². The molecule has 0 unspecified atom stereocenters. The molecule has 0 radical (unpaired) electrons. The van der Waals surface area contributed by atoms with E-state index in [1.165, 1.54) is 4.31 Å². The first-order valence-corrected chi connectivity index (χ1v) is 8.81. The normalized spacial score (nSPS) is 12.7. The Bertz CT molecular complexity index is 689. The van der Waals surface area contributed by atoms with E-state index in [0.29, 0.717) is 12.4 Å². The van der Waals surface area contributed by atoms with Crippen molar-refractivity contribution in [3.05, 3.63) is 36.4 Å². The summed E-state index contributed by atoms with van der Waals surface area (Å²) in [4.78, 5) is 11.5. The molecule has 0 atom stereocenters. The van der Waals surface area contributed by atoms with E-state index in [1.54, 1.807) is 32.4 Å². The maximum absolute atomic E-state index is 12.5. The highest BCUT2D eigenvalue weighted by Crippen LogP contribution is 2.17. The molecule has 0 saturated heterocycles. The largest absolute Gasteiger partial charge is 0.347 e. The molecule has 0 fully saturated rings. The summed E-state index contributed by atoms with van der Waals surface area (Å²) >= 11 is 0. The summed E-state index contributed by atoms with van der Waals surface area (Å²) < 4.78 is 28.4. The van der Waals surface area contributed by atoms with Crippen LogP contribution < -0.4 is 0 Å². The van der Waals surface area contributed by atoms with Crippen LogP contribution >= 0.6 is 0 Å². The van der Waals surface area contributed by atoms with Crippen molar-refractivity contribution >= 4 is 10.0 Å². The molecule has 1 N–H and O–H groups in total. The van der Waals surface area contributed by atoms with Crippen molar-refractivity contribution in [1.29, 1.82) is 0 Å². The van der Waals surface area contributed by atoms with E-state index in [4.69, 9.17) is 0 Å². The summed E-state index contributed by atoms with van der Waals surface area (Å²) in [5.41, 5.74) is 0. The molecule has 2 rings (SSSR count). The Kier molecular flexibility index (Phi) is 5.02. The third kappa shape index (κ3) is 3.56. The van der Waals surface area contributed by atoms with Gasteiger partial charge < -0.3 is 9.55 Å². The fourth-order valence-electron chi connectivity index (χ4n) is 2.16. The van der Waals surface area contributed by atoms with Crippen LogP contribution in [0.15, 0.2) is 24.8 Å². The molecule has 2 heterocycles. The van der Waals surface area contributed by atoms with Crippen molar-refractivity contribution in [2.24, 2.45) is 0 Å². The number of hydrogen-bond acceptors (Lipinski definition) is 4. The Labute approximate surface area is 131 Å². The van der Waals surface area contributed by atoms with Crippen molar-refractivity contribution in [3.8, 4) is 0 Å². The Morgan fingerprint density at radius 3 is 2.50 bits per heavy atom. The number of hydrogen-bond donors (Lipinski definition) is 1. The fraction of sp³-hybridized carbons (Fsp3) is 0.571. The molecule has 0 aliphatic carbocycles. The van der Waals surface area contributed by atoms with Crippen LogP contribution in [0.2, 0.25) is 0 Å². The van der Waals surface area contributed by atoms with Gasteiger partial charge in [0.2, 0.25) is 10.0 Å². The molecule has 2 aromatic rings. The summed E-state index contributed by atoms with van der Waals surface area (Å²) in [6.07, 6.45) is 6.96. The highest BCUT2D eigenvalue weighted by Gasteiger charge is 2.29. The zero-order valence-electron chi connectivity index (χ0n) is 13.4. The fourth-order valence-corrected chi connectivity index (χ4v) is 3.58. The van der Waals surface area contributed by atoms with Gasteiger partial charge in [0.1, 0.15) is 11.6 Å². The molecule has 22 heavy (non-hydrogen) atoms. The molecular weight excluding hydrogens is 302 g/mol. The number of sulfonamides is 1. The van der Waals surface area contributed by atoms with Crippen molar-refractivity contribution in [2.75, 3.05) is 0 Å². The van der Waals surface area contributed by atoms with Gasteiger partial charge in [-0.05, 0) is 27.7 Å². The van der Waals surface area contributed by atoms with Crippen LogP contribution in [-0.4, -0.2) is 43.5 Å². The minimum atomic E-state index is -3.34. The van der Waals surface area contributed by atoms with Crippen molar-refractivity contribution in [1.82, 2.24) is 23.8 Å². The van der Waals surface area contributed by atoms with Gasteiger partial charge in [-0.3, -0.25) is 0 Å². The molecule has 7 nitrogen and oxygen atoms in total. The van der Waals surface area contributed by atoms with E-state index in [0.717, 1.165) is 5.82 Å². The van der Waals surface area contributed by atoms with E-state index < -0.39 is 15.3 Å². The van der Waals surface area contributed by atoms with E-state index in [1.807, 2.05) is 24.6 Å². The van der Waals surface area contributed by atoms with Crippen LogP contribution in [0, 0.1) is 0 Å². The maximum Gasteiger partial charge on any atom is 0.217 e. The van der Waals surface area contributed by atoms with Gasteiger partial charge in [-0.15, -0.1) is 0 Å². The van der Waals surface area contributed by atoms with Crippen LogP contribution in [0.5, 0.6) is 0 Å². The van der Waals surface area contributed by atoms with E-state index in [9.17, 15) is 8.42 Å². The smallest absolute Gasteiger partial charge is 0.217 e. The number of rotatable bonds is 7. The molecule has 0 amide bonds. The quantitative estimate of drug-likeness (QED) is 0.838. The lowest BCUT2D eigenvalue weighted by atomic mass is 10.4. The van der Waals surface area contributed by atoms with Gasteiger partial charge in [-0.2, -0.15) is 4.31 Å². The summed E-state index contributed by atoms with van der Waals surface area (Å²) in [7, 11) is -3.34. The van der Waals surface area contributed by atoms with Gasteiger partial charge in [0, 0.05) is 30.8 Å². The molecule has 0 aliphatic heterocycles. The molecule has 8 heteroatoms. The standard InChI is InChI=1S/C14H23N5O2S/c1-11(2)19(22(20,21)12(3)4)10-14-17-7-8-18(14)9-13-15-5-6-16-13/h5-8,11-12H,9-10H2,1-4H3,(H,15,16). The zero-order chi connectivity index (χ0) is 16.3. The summed E-state index contributed by atoms with van der Waals surface area (Å²) in [6.45, 7) is 7.93. The molecule has 0 saturated carbocycles. The van der Waals surface area contributed by atoms with Crippen LogP contribution in [0.25, 0.3) is 0 Å². The second-order valence-corrected chi connectivity index (χ2v) is 8.18. The Morgan fingerprint density at radius 1 is 1.23 bits per heavy atom. The van der Waals surface area contributed by atoms with Crippen molar-refractivity contribution in [2.45, 2.75) is 52.1 Å². The SMILES string of the molecule is CC(C)N(Cc1nccn1Cc1ncc[nH]1)S(=O)(=O)C(C)C. The monoisotopic (exact) mass is 325 g/mol. The number of H-pyrrole nitrogens is 1. The highest BCUT2D eigenvalue weighted by atomic mass is 32.2. The predicted molar refractivity (Wildman–Crippen MR) is 84.7 cm³/mol. The molecule has 0 aromatic carbocycles. The molecular formula is C14H23N5O2S. The van der Waals surface area contributed by atoms with Crippen molar-refractivity contribution < 1.29 is 8.42 Å². The first-order chi connectivity index (χ1) is 10.3. The third-order valence-corrected chi connectivity index (χ3v) is 5.87. The van der Waals surface area contributed by atoms with Gasteiger partial charge in [0.25, 0.3) is 0 Å². The molecule has 122 valence electrons. The number of nitrogens with one attached hydrogen (secondary N) is 1. The first-order valence-electron chi connectivity index (χ1n) is 7.31. The summed E-state index contributed by atoms with van der Waals surface area (Å²) in [6, 6.07) is -0.124. The zero-order valence-corrected chi connectivity index (χ0v) is 14.2. The summed E-state index contributed by atoms with van der Waals surface area (Å²) in [5, 5.41) is -0.455. The highest BCUT2D eigenvalue weighted by molar-refractivity contribution is 7.89. The Hall–Kier alpha value is -1.67. The second-order valence-electron chi connectivity index (χ2n) is 5.74. The molecule has 0 bridgehead atoms. The Morgan fingerprint density at radius 2 is 1.95 bits per heavy atom. The average molecular weight is 325 g/mol. The van der Waals surface area contributed by atoms with Crippen LogP contribution in [0.4, 0.5) is 0 Å². The van der Waals surface area contributed by atoms with Crippen LogP contribution in [0.3, 0.4) is 0 Å². The van der Waals surface area contributed by atoms with Gasteiger partial charge in [0.05, 0.1) is 18.3 Å². The lowest BCUT2D eigenvalue weighted by Crippen LogP contribution is -2.41. The molecule has 2 aromatic heterocycles. The molecule has 0 spiro atoms. The predicted octanol–water partition coefficient (Wildman–Crippen LogP) is 1.60. The number of imidazole rings is 2. The van der Waals surface area contributed by atoms with Gasteiger partial charge >= 0.3 is 0 Å². The topological polar surface area (TPSA) is 83.9 Å². The van der Waals surface area contributed by atoms with Gasteiger partial charge in [-0.1, -0.05) is 0 Å². The Balaban J connectivity index is 2.23. The maximum atomic E-state index is 12.5. The lowest BCUT2D eigenvalue weighted by molar-refractivity contribution is 0.333. The minimum Gasteiger partial charge on any atom is -0.347 e. The van der Waals surface area contributed by atoms with Crippen LogP contribution in [0.1, 0.15) is 39.3 Å². The number of aromatic nitrogens is 4. The molecule has 0 aliphatic rings. The van der Waals surface area contributed by atoms with Crippen LogP contribution in [-0.2, 0) is 23.1 Å². The third-order valence-electron chi connectivity index (χ3n) is 3.47. The van der Waals surface area contributed by atoms with E-state index in [-0.39, 0.29) is 12.6 Å². The van der Waals surface area contributed by atoms with Crippen molar-refractivity contribution in [3.63, 3.8) is 0 Å².